The molecule has 0 saturated heterocycles. The normalized spacial score (nSPS) is 14.1. The van der Waals surface area contributed by atoms with Gasteiger partial charge in [0, 0.05) is 5.02 Å². The van der Waals surface area contributed by atoms with Gasteiger partial charge in [-0.25, -0.2) is 4.79 Å². The molecule has 0 saturated carbocycles. The summed E-state index contributed by atoms with van der Waals surface area (Å²) in [5.74, 6) is 0.687. The molecule has 1 aliphatic rings. The fraction of sp³-hybridized carbons (Fsp3) is 0.400. The van der Waals surface area contributed by atoms with E-state index in [1.165, 1.54) is 0 Å². The van der Waals surface area contributed by atoms with E-state index in [0.29, 0.717) is 23.9 Å². The van der Waals surface area contributed by atoms with Crippen LogP contribution in [0, 0.1) is 0 Å². The molecule has 1 aliphatic heterocycles. The predicted molar refractivity (Wildman–Crippen MR) is 81.9 cm³/mol. The van der Waals surface area contributed by atoms with Crippen LogP contribution in [0.4, 0.5) is 4.79 Å². The highest BCUT2D eigenvalue weighted by Crippen LogP contribution is 2.26. The molecule has 1 aromatic heterocycles. The van der Waals surface area contributed by atoms with Crippen LogP contribution in [0.1, 0.15) is 32.2 Å². The molecule has 0 unspecified atom stereocenters. The smallest absolute Gasteiger partial charge is 0.411 e. The second kappa shape index (κ2) is 5.28. The van der Waals surface area contributed by atoms with E-state index < -0.39 is 5.60 Å². The van der Waals surface area contributed by atoms with Crippen molar-refractivity contribution in [2.75, 3.05) is 0 Å². The summed E-state index contributed by atoms with van der Waals surface area (Å²) < 4.78 is 7.34. The average Bonchev–Trinajstić information content (AvgIpc) is 2.78. The second-order valence-electron chi connectivity index (χ2n) is 6.23. The van der Waals surface area contributed by atoms with Crippen LogP contribution in [0.25, 0.3) is 5.69 Å². The summed E-state index contributed by atoms with van der Waals surface area (Å²) in [5.41, 5.74) is 1.31. The van der Waals surface area contributed by atoms with Crippen molar-refractivity contribution in [1.29, 1.82) is 0 Å². The molecule has 0 atom stereocenters. The number of carbonyl (C=O) groups excluding carboxylic acids is 1. The van der Waals surface area contributed by atoms with Crippen LogP contribution in [0.2, 0.25) is 5.02 Å². The molecule has 2 heterocycles. The maximum atomic E-state index is 12.4. The number of fused-ring (bicyclic) bond motifs is 3. The fourth-order valence-corrected chi connectivity index (χ4v) is 2.57. The van der Waals surface area contributed by atoms with Crippen molar-refractivity contribution in [3.63, 3.8) is 0 Å². The Bertz CT molecular complexity index is 721. The van der Waals surface area contributed by atoms with Gasteiger partial charge < -0.3 is 4.74 Å². The number of benzene rings is 1. The molecule has 1 amide bonds. The molecule has 0 radical (unpaired) electrons. The molecule has 0 N–H and O–H groups in total. The van der Waals surface area contributed by atoms with E-state index in [-0.39, 0.29) is 6.09 Å². The Morgan fingerprint density at radius 3 is 2.82 bits per heavy atom. The lowest BCUT2D eigenvalue weighted by Crippen LogP contribution is -2.35. The number of nitrogens with zero attached hydrogens (tertiary/aromatic N) is 4. The molecule has 2 aromatic rings. The Kier molecular flexibility index (Phi) is 3.56. The first kappa shape index (κ1) is 14.8. The minimum Gasteiger partial charge on any atom is -0.444 e. The third-order valence-electron chi connectivity index (χ3n) is 3.26. The summed E-state index contributed by atoms with van der Waals surface area (Å²) in [4.78, 5) is 14.0. The minimum atomic E-state index is -0.547. The van der Waals surface area contributed by atoms with Crippen LogP contribution < -0.4 is 0 Å². The number of amides is 1. The fourth-order valence-electron chi connectivity index (χ4n) is 2.37. The molecule has 1 aromatic carbocycles. The lowest BCUT2D eigenvalue weighted by Gasteiger charge is -2.26. The molecule has 0 bridgehead atoms. The van der Waals surface area contributed by atoms with E-state index in [9.17, 15) is 4.79 Å². The van der Waals surface area contributed by atoms with Crippen molar-refractivity contribution in [3.05, 3.63) is 40.9 Å². The van der Waals surface area contributed by atoms with Crippen LogP contribution >= 0.6 is 11.6 Å². The van der Waals surface area contributed by atoms with Crippen molar-refractivity contribution in [2.24, 2.45) is 0 Å². The zero-order valence-electron chi connectivity index (χ0n) is 12.7. The van der Waals surface area contributed by atoms with E-state index in [2.05, 4.69) is 10.2 Å². The number of hydrogen-bond donors (Lipinski definition) is 0. The standard InChI is InChI=1S/C15H17ClN4O2/c1-15(2,3)22-14(21)19-7-10-6-11(16)4-5-12(10)20-9-17-18-13(20)8-19/h4-6,9H,7-8H2,1-3H3. The van der Waals surface area contributed by atoms with Crippen molar-refractivity contribution in [2.45, 2.75) is 39.5 Å². The molecular weight excluding hydrogens is 304 g/mol. The number of carbonyl (C=O) groups is 1. The Labute approximate surface area is 133 Å². The van der Waals surface area contributed by atoms with E-state index >= 15 is 0 Å². The summed E-state index contributed by atoms with van der Waals surface area (Å²) in [6.07, 6.45) is 1.26. The van der Waals surface area contributed by atoms with Crippen LogP contribution in [0.3, 0.4) is 0 Å². The zero-order valence-corrected chi connectivity index (χ0v) is 13.5. The van der Waals surface area contributed by atoms with Crippen LogP contribution in [0.15, 0.2) is 24.5 Å². The van der Waals surface area contributed by atoms with E-state index in [0.717, 1.165) is 11.3 Å². The van der Waals surface area contributed by atoms with E-state index in [4.69, 9.17) is 16.3 Å². The highest BCUT2D eigenvalue weighted by Gasteiger charge is 2.27. The van der Waals surface area contributed by atoms with Gasteiger partial charge in [-0.1, -0.05) is 11.6 Å². The van der Waals surface area contributed by atoms with Gasteiger partial charge in [0.1, 0.15) is 11.9 Å². The first-order chi connectivity index (χ1) is 10.3. The Morgan fingerprint density at radius 1 is 1.32 bits per heavy atom. The van der Waals surface area contributed by atoms with Crippen molar-refractivity contribution in [3.8, 4) is 5.69 Å². The molecule has 6 nitrogen and oxygen atoms in total. The lowest BCUT2D eigenvalue weighted by atomic mass is 10.1. The second-order valence-corrected chi connectivity index (χ2v) is 6.66. The maximum Gasteiger partial charge on any atom is 0.411 e. The summed E-state index contributed by atoms with van der Waals surface area (Å²) >= 11 is 6.09. The predicted octanol–water partition coefficient (Wildman–Crippen LogP) is 3.17. The number of hydrogen-bond acceptors (Lipinski definition) is 4. The molecule has 116 valence electrons. The molecule has 0 spiro atoms. The van der Waals surface area contributed by atoms with Crippen molar-refractivity contribution < 1.29 is 9.53 Å². The number of rotatable bonds is 0. The summed E-state index contributed by atoms with van der Waals surface area (Å²) in [7, 11) is 0. The van der Waals surface area contributed by atoms with E-state index in [1.807, 2.05) is 43.5 Å². The largest absolute Gasteiger partial charge is 0.444 e. The number of aromatic nitrogens is 3. The molecule has 0 fully saturated rings. The van der Waals surface area contributed by atoms with Gasteiger partial charge in [0.05, 0.1) is 18.8 Å². The van der Waals surface area contributed by atoms with Crippen molar-refractivity contribution >= 4 is 17.7 Å². The first-order valence-electron chi connectivity index (χ1n) is 6.99. The van der Waals surface area contributed by atoms with Gasteiger partial charge in [-0.15, -0.1) is 10.2 Å². The number of ether oxygens (including phenoxy) is 1. The molecule has 22 heavy (non-hydrogen) atoms. The highest BCUT2D eigenvalue weighted by atomic mass is 35.5. The van der Waals surface area contributed by atoms with Gasteiger partial charge in [0.15, 0.2) is 5.82 Å². The monoisotopic (exact) mass is 320 g/mol. The molecular formula is C15H17ClN4O2. The van der Waals surface area contributed by atoms with Gasteiger partial charge >= 0.3 is 6.09 Å². The van der Waals surface area contributed by atoms with Crippen LogP contribution in [-0.4, -0.2) is 31.4 Å². The SMILES string of the molecule is CC(C)(C)OC(=O)N1Cc2cc(Cl)ccc2-n2cnnc2C1. The van der Waals surface area contributed by atoms with E-state index in [1.54, 1.807) is 11.2 Å². The topological polar surface area (TPSA) is 60.2 Å². The summed E-state index contributed by atoms with van der Waals surface area (Å²) in [5, 5.41) is 8.66. The lowest BCUT2D eigenvalue weighted by molar-refractivity contribution is 0.0214. The first-order valence-corrected chi connectivity index (χ1v) is 7.37. The minimum absolute atomic E-state index is 0.335. The Balaban J connectivity index is 1.99. The van der Waals surface area contributed by atoms with Gasteiger partial charge in [-0.3, -0.25) is 9.47 Å². The summed E-state index contributed by atoms with van der Waals surface area (Å²) in [6.45, 7) is 6.28. The quantitative estimate of drug-likeness (QED) is 0.748. The third kappa shape index (κ3) is 2.92. The zero-order chi connectivity index (χ0) is 15.9. The van der Waals surface area contributed by atoms with Gasteiger partial charge in [0.2, 0.25) is 0 Å². The molecule has 3 rings (SSSR count). The van der Waals surface area contributed by atoms with Gasteiger partial charge in [-0.05, 0) is 44.5 Å². The molecule has 7 heteroatoms. The Hall–Kier alpha value is -2.08. The van der Waals surface area contributed by atoms with Crippen LogP contribution in [-0.2, 0) is 17.8 Å². The molecule has 0 aliphatic carbocycles. The highest BCUT2D eigenvalue weighted by molar-refractivity contribution is 6.30. The third-order valence-corrected chi connectivity index (χ3v) is 3.50. The summed E-state index contributed by atoms with van der Waals surface area (Å²) in [6, 6.07) is 5.57. The van der Waals surface area contributed by atoms with Crippen molar-refractivity contribution in [1.82, 2.24) is 19.7 Å². The van der Waals surface area contributed by atoms with Gasteiger partial charge in [-0.2, -0.15) is 0 Å². The van der Waals surface area contributed by atoms with Gasteiger partial charge in [0.25, 0.3) is 0 Å². The average molecular weight is 321 g/mol. The Morgan fingerprint density at radius 2 is 2.09 bits per heavy atom. The van der Waals surface area contributed by atoms with Crippen LogP contribution in [0.5, 0.6) is 0 Å². The number of halogens is 1. The maximum absolute atomic E-state index is 12.4.